The Morgan fingerprint density at radius 3 is 2.95 bits per heavy atom. The first kappa shape index (κ1) is 13.5. The van der Waals surface area contributed by atoms with Crippen LogP contribution in [-0.4, -0.2) is 19.8 Å². The van der Waals surface area contributed by atoms with Crippen LogP contribution in [0.2, 0.25) is 5.02 Å². The minimum Gasteiger partial charge on any atom is -0.506 e. The largest absolute Gasteiger partial charge is 0.506 e. The van der Waals surface area contributed by atoms with E-state index in [-0.39, 0.29) is 29.1 Å². The number of halogens is 1. The van der Waals surface area contributed by atoms with Gasteiger partial charge in [0.05, 0.1) is 23.2 Å². The van der Waals surface area contributed by atoms with Crippen LogP contribution in [0.25, 0.3) is 11.0 Å². The van der Waals surface area contributed by atoms with E-state index in [1.807, 2.05) is 0 Å². The lowest BCUT2D eigenvalue weighted by Crippen LogP contribution is -2.21. The molecule has 1 unspecified atom stereocenters. The number of ether oxygens (including phenoxy) is 1. The standard InChI is InChI=1S/C15H9ClN2O3S/c16-9-5-7(1-3-11(9)19)8-6-13(20)21-12-4-2-10-15(14(8)12)18-22-17-10/h1-5,8,19H,6H2. The smallest absolute Gasteiger partial charge is 0.312 e. The molecule has 7 heteroatoms. The summed E-state index contributed by atoms with van der Waals surface area (Å²) in [7, 11) is 0. The number of benzene rings is 2. The van der Waals surface area contributed by atoms with Crippen molar-refractivity contribution in [1.82, 2.24) is 8.75 Å². The lowest BCUT2D eigenvalue weighted by Gasteiger charge is -2.25. The number of rotatable bonds is 1. The van der Waals surface area contributed by atoms with Crippen LogP contribution in [0, 0.1) is 0 Å². The summed E-state index contributed by atoms with van der Waals surface area (Å²) in [5, 5.41) is 9.84. The molecule has 0 fully saturated rings. The third-order valence-electron chi connectivity index (χ3n) is 3.74. The van der Waals surface area contributed by atoms with E-state index < -0.39 is 0 Å². The number of carbonyl (C=O) groups is 1. The molecule has 0 amide bonds. The summed E-state index contributed by atoms with van der Waals surface area (Å²) in [6, 6.07) is 8.48. The van der Waals surface area contributed by atoms with Gasteiger partial charge in [-0.25, -0.2) is 0 Å². The van der Waals surface area contributed by atoms with E-state index in [1.54, 1.807) is 24.3 Å². The zero-order valence-electron chi connectivity index (χ0n) is 11.1. The van der Waals surface area contributed by atoms with Crippen LogP contribution in [0.3, 0.4) is 0 Å². The van der Waals surface area contributed by atoms with Crippen molar-refractivity contribution in [2.24, 2.45) is 0 Å². The van der Waals surface area contributed by atoms with Crippen molar-refractivity contribution in [3.8, 4) is 11.5 Å². The number of hydrogen-bond donors (Lipinski definition) is 1. The number of carbonyl (C=O) groups excluding carboxylic acids is 1. The summed E-state index contributed by atoms with van der Waals surface area (Å²) in [6.45, 7) is 0. The third-order valence-corrected chi connectivity index (χ3v) is 4.59. The minimum atomic E-state index is -0.302. The number of phenols is 1. The lowest BCUT2D eigenvalue weighted by molar-refractivity contribution is -0.135. The molecule has 0 aliphatic carbocycles. The van der Waals surface area contributed by atoms with Crippen LogP contribution in [-0.2, 0) is 4.79 Å². The van der Waals surface area contributed by atoms with Gasteiger partial charge < -0.3 is 9.84 Å². The van der Waals surface area contributed by atoms with E-state index in [1.165, 1.54) is 6.07 Å². The molecule has 1 N–H and O–H groups in total. The average molecular weight is 333 g/mol. The first-order valence-corrected chi connectivity index (χ1v) is 7.68. The van der Waals surface area contributed by atoms with Gasteiger partial charge in [-0.15, -0.1) is 0 Å². The summed E-state index contributed by atoms with van der Waals surface area (Å²) >= 11 is 7.12. The topological polar surface area (TPSA) is 72.3 Å². The number of nitrogens with zero attached hydrogens (tertiary/aromatic N) is 2. The molecule has 0 saturated heterocycles. The molecule has 1 aromatic heterocycles. The van der Waals surface area contributed by atoms with Crippen molar-refractivity contribution in [1.29, 1.82) is 0 Å². The van der Waals surface area contributed by atoms with Gasteiger partial charge in [0.15, 0.2) is 0 Å². The number of esters is 1. The Balaban J connectivity index is 1.95. The highest BCUT2D eigenvalue weighted by molar-refractivity contribution is 7.00. The molecule has 0 radical (unpaired) electrons. The second-order valence-electron chi connectivity index (χ2n) is 5.05. The maximum absolute atomic E-state index is 11.9. The van der Waals surface area contributed by atoms with Gasteiger partial charge in [0.1, 0.15) is 22.5 Å². The molecule has 3 aromatic rings. The molecular weight excluding hydrogens is 324 g/mol. The lowest BCUT2D eigenvalue weighted by atomic mass is 9.85. The summed E-state index contributed by atoms with van der Waals surface area (Å²) in [5.74, 6) is -0.00519. The second kappa shape index (κ2) is 4.93. The highest BCUT2D eigenvalue weighted by Gasteiger charge is 2.31. The molecule has 2 aromatic carbocycles. The van der Waals surface area contributed by atoms with Gasteiger partial charge in [-0.1, -0.05) is 17.7 Å². The maximum atomic E-state index is 11.9. The average Bonchev–Trinajstić information content (AvgIpc) is 2.97. The van der Waals surface area contributed by atoms with Gasteiger partial charge in [0.25, 0.3) is 0 Å². The number of phenolic OH excluding ortho intramolecular Hbond substituents is 1. The van der Waals surface area contributed by atoms with Crippen LogP contribution >= 0.6 is 23.3 Å². The van der Waals surface area contributed by atoms with Crippen molar-refractivity contribution in [3.63, 3.8) is 0 Å². The van der Waals surface area contributed by atoms with Gasteiger partial charge >= 0.3 is 5.97 Å². The summed E-state index contributed by atoms with van der Waals surface area (Å²) in [6.07, 6.45) is 0.199. The maximum Gasteiger partial charge on any atom is 0.312 e. The minimum absolute atomic E-state index is 0.0116. The molecule has 1 atom stereocenters. The van der Waals surface area contributed by atoms with Crippen molar-refractivity contribution in [2.75, 3.05) is 0 Å². The van der Waals surface area contributed by atoms with E-state index in [2.05, 4.69) is 8.75 Å². The summed E-state index contributed by atoms with van der Waals surface area (Å²) in [4.78, 5) is 11.9. The molecule has 1 aliphatic heterocycles. The first-order chi connectivity index (χ1) is 10.6. The molecule has 4 rings (SSSR count). The second-order valence-corrected chi connectivity index (χ2v) is 5.99. The Kier molecular flexibility index (Phi) is 3.02. The van der Waals surface area contributed by atoms with Crippen molar-refractivity contribution in [2.45, 2.75) is 12.3 Å². The highest BCUT2D eigenvalue weighted by Crippen LogP contribution is 2.43. The number of hydrogen-bond acceptors (Lipinski definition) is 6. The number of aromatic hydroxyl groups is 1. The quantitative estimate of drug-likeness (QED) is 0.545. The van der Waals surface area contributed by atoms with E-state index in [0.717, 1.165) is 33.9 Å². The Morgan fingerprint density at radius 1 is 1.27 bits per heavy atom. The predicted octanol–water partition coefficient (Wildman–Crippen LogP) is 3.49. The van der Waals surface area contributed by atoms with E-state index in [4.69, 9.17) is 16.3 Å². The number of fused-ring (bicyclic) bond motifs is 3. The van der Waals surface area contributed by atoms with Crippen LogP contribution in [0.15, 0.2) is 30.3 Å². The molecule has 2 heterocycles. The molecule has 0 saturated carbocycles. The van der Waals surface area contributed by atoms with Crippen LogP contribution in [0.4, 0.5) is 0 Å². The highest BCUT2D eigenvalue weighted by atomic mass is 35.5. The molecule has 0 bridgehead atoms. The van der Waals surface area contributed by atoms with Crippen LogP contribution < -0.4 is 4.74 Å². The Bertz CT molecular complexity index is 909. The Labute approximate surface area is 134 Å². The Hall–Kier alpha value is -2.18. The zero-order valence-corrected chi connectivity index (χ0v) is 12.7. The van der Waals surface area contributed by atoms with Gasteiger partial charge in [0, 0.05) is 11.5 Å². The van der Waals surface area contributed by atoms with Gasteiger partial charge in [-0.3, -0.25) is 4.79 Å². The van der Waals surface area contributed by atoms with E-state index in [9.17, 15) is 9.90 Å². The van der Waals surface area contributed by atoms with Gasteiger partial charge in [0.2, 0.25) is 0 Å². The molecule has 0 spiro atoms. The molecular formula is C15H9ClN2O3S. The zero-order chi connectivity index (χ0) is 15.3. The first-order valence-electron chi connectivity index (χ1n) is 6.58. The fraction of sp³-hybridized carbons (Fsp3) is 0.133. The SMILES string of the molecule is O=C1CC(c2ccc(O)c(Cl)c2)c2c(ccc3nsnc23)O1. The van der Waals surface area contributed by atoms with Gasteiger partial charge in [-0.2, -0.15) is 8.75 Å². The fourth-order valence-electron chi connectivity index (χ4n) is 2.74. The van der Waals surface area contributed by atoms with Crippen molar-refractivity contribution < 1.29 is 14.6 Å². The molecule has 5 nitrogen and oxygen atoms in total. The van der Waals surface area contributed by atoms with Crippen molar-refractivity contribution in [3.05, 3.63) is 46.5 Å². The predicted molar refractivity (Wildman–Crippen MR) is 82.6 cm³/mol. The molecule has 22 heavy (non-hydrogen) atoms. The van der Waals surface area contributed by atoms with Gasteiger partial charge in [-0.05, 0) is 29.8 Å². The molecule has 110 valence electrons. The molecule has 1 aliphatic rings. The van der Waals surface area contributed by atoms with Crippen molar-refractivity contribution >= 4 is 40.3 Å². The van der Waals surface area contributed by atoms with Crippen LogP contribution in [0.5, 0.6) is 11.5 Å². The van der Waals surface area contributed by atoms with E-state index in [0.29, 0.717) is 5.75 Å². The summed E-state index contributed by atoms with van der Waals surface area (Å²) in [5.41, 5.74) is 3.19. The number of aromatic nitrogens is 2. The normalized spacial score (nSPS) is 17.3. The fourth-order valence-corrected chi connectivity index (χ4v) is 3.47. The van der Waals surface area contributed by atoms with Crippen LogP contribution in [0.1, 0.15) is 23.5 Å². The summed E-state index contributed by atoms with van der Waals surface area (Å²) < 4.78 is 13.9. The van der Waals surface area contributed by atoms with E-state index >= 15 is 0 Å². The third kappa shape index (κ3) is 2.03. The monoisotopic (exact) mass is 332 g/mol. The Morgan fingerprint density at radius 2 is 2.14 bits per heavy atom.